The summed E-state index contributed by atoms with van der Waals surface area (Å²) in [5.74, 6) is 1.59. The fourth-order valence-corrected chi connectivity index (χ4v) is 3.96. The molecule has 4 aromatic rings. The number of hydrogen-bond acceptors (Lipinski definition) is 2. The highest BCUT2D eigenvalue weighted by atomic mass is 16.7. The van der Waals surface area contributed by atoms with E-state index in [1.807, 2.05) is 48.6 Å². The summed E-state index contributed by atoms with van der Waals surface area (Å²) < 4.78 is 11.4. The molecule has 2 nitrogen and oxygen atoms in total. The minimum absolute atomic E-state index is 0.179. The summed E-state index contributed by atoms with van der Waals surface area (Å²) in [5, 5.41) is 0. The van der Waals surface area contributed by atoms with Crippen LogP contribution in [0.3, 0.4) is 0 Å². The molecule has 0 fully saturated rings. The molecule has 0 aliphatic heterocycles. The summed E-state index contributed by atoms with van der Waals surface area (Å²) in [6.45, 7) is 7.74. The van der Waals surface area contributed by atoms with Gasteiger partial charge < -0.3 is 9.47 Å². The van der Waals surface area contributed by atoms with Crippen molar-refractivity contribution < 1.29 is 9.47 Å². The summed E-state index contributed by atoms with van der Waals surface area (Å²) in [7, 11) is 0. The van der Waals surface area contributed by atoms with E-state index in [1.54, 1.807) is 0 Å². The second-order valence-electron chi connectivity index (χ2n) is 8.67. The standard InChI is InChI=1S/C33H32O2/c1-3-5-26-7-9-28(10-8-26)23-29-11-13-30(14-12-29)24-31-17-21-33(22-18-31)35-25-34-32-19-15-27(6-4-2)16-20-32/h3-4,7-22H,1-2,5-6,23-25H2. The molecule has 0 aliphatic carbocycles. The van der Waals surface area contributed by atoms with Gasteiger partial charge in [-0.1, -0.05) is 84.9 Å². The number of ether oxygens (including phenoxy) is 2. The molecular formula is C33H32O2. The molecule has 0 spiro atoms. The molecule has 0 bridgehead atoms. The average Bonchev–Trinajstić information content (AvgIpc) is 2.89. The molecular weight excluding hydrogens is 428 g/mol. The van der Waals surface area contributed by atoms with E-state index in [9.17, 15) is 0 Å². The van der Waals surface area contributed by atoms with Gasteiger partial charge in [-0.2, -0.15) is 0 Å². The maximum atomic E-state index is 5.74. The van der Waals surface area contributed by atoms with Crippen molar-refractivity contribution in [3.63, 3.8) is 0 Å². The second-order valence-corrected chi connectivity index (χ2v) is 8.67. The van der Waals surface area contributed by atoms with Gasteiger partial charge in [-0.15, -0.1) is 13.2 Å². The molecule has 0 heterocycles. The molecule has 4 rings (SSSR count). The Morgan fingerprint density at radius 1 is 0.429 bits per heavy atom. The van der Waals surface area contributed by atoms with Crippen LogP contribution in [0, 0.1) is 0 Å². The molecule has 0 atom stereocenters. The summed E-state index contributed by atoms with van der Waals surface area (Å²) in [6, 6.07) is 33.9. The molecule has 0 N–H and O–H groups in total. The van der Waals surface area contributed by atoms with Gasteiger partial charge in [0.25, 0.3) is 0 Å². The van der Waals surface area contributed by atoms with E-state index in [1.165, 1.54) is 33.4 Å². The molecule has 4 aromatic carbocycles. The Morgan fingerprint density at radius 2 is 0.714 bits per heavy atom. The lowest BCUT2D eigenvalue weighted by atomic mass is 9.99. The molecule has 176 valence electrons. The minimum Gasteiger partial charge on any atom is -0.458 e. The maximum absolute atomic E-state index is 5.74. The van der Waals surface area contributed by atoms with Crippen molar-refractivity contribution in [1.82, 2.24) is 0 Å². The highest BCUT2D eigenvalue weighted by Gasteiger charge is 2.02. The third-order valence-corrected chi connectivity index (χ3v) is 5.92. The van der Waals surface area contributed by atoms with Crippen molar-refractivity contribution >= 4 is 0 Å². The van der Waals surface area contributed by atoms with E-state index in [0.29, 0.717) is 0 Å². The van der Waals surface area contributed by atoms with E-state index in [2.05, 4.69) is 73.8 Å². The highest BCUT2D eigenvalue weighted by Crippen LogP contribution is 2.18. The van der Waals surface area contributed by atoms with Crippen molar-refractivity contribution in [3.8, 4) is 11.5 Å². The van der Waals surface area contributed by atoms with Crippen LogP contribution in [0.1, 0.15) is 33.4 Å². The fourth-order valence-electron chi connectivity index (χ4n) is 3.96. The van der Waals surface area contributed by atoms with Crippen LogP contribution in [0.25, 0.3) is 0 Å². The third kappa shape index (κ3) is 7.48. The lowest BCUT2D eigenvalue weighted by molar-refractivity contribution is 0.120. The SMILES string of the molecule is C=CCc1ccc(Cc2ccc(Cc3ccc(OCOc4ccc(CC=C)cc4)cc3)cc2)cc1. The van der Waals surface area contributed by atoms with Crippen LogP contribution in [-0.4, -0.2) is 6.79 Å². The maximum Gasteiger partial charge on any atom is 0.230 e. The normalized spacial score (nSPS) is 10.5. The van der Waals surface area contributed by atoms with Crippen LogP contribution in [0.5, 0.6) is 11.5 Å². The molecule has 2 heteroatoms. The molecule has 0 unspecified atom stereocenters. The Labute approximate surface area is 209 Å². The van der Waals surface area contributed by atoms with Gasteiger partial charge in [0.1, 0.15) is 11.5 Å². The second kappa shape index (κ2) is 12.4. The summed E-state index contributed by atoms with van der Waals surface area (Å²) in [4.78, 5) is 0. The van der Waals surface area contributed by atoms with Gasteiger partial charge in [0.05, 0.1) is 0 Å². The topological polar surface area (TPSA) is 18.5 Å². The first-order valence-corrected chi connectivity index (χ1v) is 12.0. The predicted molar refractivity (Wildman–Crippen MR) is 145 cm³/mol. The smallest absolute Gasteiger partial charge is 0.230 e. The average molecular weight is 461 g/mol. The molecule has 0 amide bonds. The van der Waals surface area contributed by atoms with Gasteiger partial charge in [-0.3, -0.25) is 0 Å². The van der Waals surface area contributed by atoms with E-state index < -0.39 is 0 Å². The Bertz CT molecular complexity index is 1200. The van der Waals surface area contributed by atoms with Gasteiger partial charge in [0.2, 0.25) is 6.79 Å². The molecule has 0 saturated carbocycles. The zero-order valence-electron chi connectivity index (χ0n) is 20.2. The Hall–Kier alpha value is -4.04. The van der Waals surface area contributed by atoms with Crippen LogP contribution >= 0.6 is 0 Å². The van der Waals surface area contributed by atoms with Crippen LogP contribution in [0.4, 0.5) is 0 Å². The van der Waals surface area contributed by atoms with Crippen molar-refractivity contribution in [2.45, 2.75) is 25.7 Å². The first kappa shape index (κ1) is 24.1. The zero-order chi connectivity index (χ0) is 24.3. The number of hydrogen-bond donors (Lipinski definition) is 0. The van der Waals surface area contributed by atoms with Crippen molar-refractivity contribution in [2.75, 3.05) is 6.79 Å². The van der Waals surface area contributed by atoms with Crippen LogP contribution in [-0.2, 0) is 25.7 Å². The van der Waals surface area contributed by atoms with Crippen molar-refractivity contribution in [3.05, 3.63) is 156 Å². The van der Waals surface area contributed by atoms with Gasteiger partial charge >= 0.3 is 0 Å². The van der Waals surface area contributed by atoms with Crippen molar-refractivity contribution in [1.29, 1.82) is 0 Å². The van der Waals surface area contributed by atoms with Crippen LogP contribution in [0.15, 0.2) is 122 Å². The van der Waals surface area contributed by atoms with E-state index >= 15 is 0 Å². The number of allylic oxidation sites excluding steroid dienone is 2. The van der Waals surface area contributed by atoms with E-state index in [-0.39, 0.29) is 6.79 Å². The number of rotatable bonds is 12. The minimum atomic E-state index is 0.179. The summed E-state index contributed by atoms with van der Waals surface area (Å²) in [6.07, 6.45) is 7.45. The predicted octanol–water partition coefficient (Wildman–Crippen LogP) is 7.74. The molecule has 0 aliphatic rings. The van der Waals surface area contributed by atoms with Crippen LogP contribution < -0.4 is 9.47 Å². The fraction of sp³-hybridized carbons (Fsp3) is 0.152. The summed E-state index contributed by atoms with van der Waals surface area (Å²) >= 11 is 0. The van der Waals surface area contributed by atoms with Crippen LogP contribution in [0.2, 0.25) is 0 Å². The Balaban J connectivity index is 1.24. The monoisotopic (exact) mass is 460 g/mol. The largest absolute Gasteiger partial charge is 0.458 e. The summed E-state index contributed by atoms with van der Waals surface area (Å²) in [5.41, 5.74) is 7.72. The zero-order valence-corrected chi connectivity index (χ0v) is 20.2. The van der Waals surface area contributed by atoms with Gasteiger partial charge in [0, 0.05) is 0 Å². The molecule has 0 saturated heterocycles. The molecule has 0 aromatic heterocycles. The Kier molecular flexibility index (Phi) is 8.56. The first-order chi connectivity index (χ1) is 17.2. The number of benzene rings is 4. The quantitative estimate of drug-likeness (QED) is 0.159. The van der Waals surface area contributed by atoms with Crippen molar-refractivity contribution in [2.24, 2.45) is 0 Å². The van der Waals surface area contributed by atoms with Gasteiger partial charge in [0.15, 0.2) is 0 Å². The first-order valence-electron chi connectivity index (χ1n) is 12.0. The lowest BCUT2D eigenvalue weighted by Crippen LogP contribution is -2.05. The van der Waals surface area contributed by atoms with Gasteiger partial charge in [-0.25, -0.2) is 0 Å². The lowest BCUT2D eigenvalue weighted by Gasteiger charge is -2.10. The highest BCUT2D eigenvalue weighted by molar-refractivity contribution is 5.35. The molecule has 35 heavy (non-hydrogen) atoms. The Morgan fingerprint density at radius 3 is 1.06 bits per heavy atom. The van der Waals surface area contributed by atoms with E-state index in [0.717, 1.165) is 37.2 Å². The third-order valence-electron chi connectivity index (χ3n) is 5.92. The van der Waals surface area contributed by atoms with Gasteiger partial charge in [-0.05, 0) is 83.3 Å². The van der Waals surface area contributed by atoms with E-state index in [4.69, 9.17) is 9.47 Å². The molecule has 0 radical (unpaired) electrons.